The van der Waals surface area contributed by atoms with Crippen LogP contribution in [0.25, 0.3) is 0 Å². The van der Waals surface area contributed by atoms with Crippen molar-refractivity contribution in [1.82, 2.24) is 10.5 Å². The molecular weight excluding hydrogens is 256 g/mol. The number of esters is 1. The van der Waals surface area contributed by atoms with Gasteiger partial charge in [-0.2, -0.15) is 0 Å². The first kappa shape index (κ1) is 13.6. The molecule has 0 bridgehead atoms. The van der Waals surface area contributed by atoms with Gasteiger partial charge in [-0.05, 0) is 45.4 Å². The zero-order valence-electron chi connectivity index (χ0n) is 11.9. The van der Waals surface area contributed by atoms with Crippen LogP contribution < -0.4 is 5.32 Å². The lowest BCUT2D eigenvalue weighted by atomic mass is 9.70. The van der Waals surface area contributed by atoms with Gasteiger partial charge in [-0.15, -0.1) is 0 Å². The molecule has 1 N–H and O–H groups in total. The Morgan fingerprint density at radius 2 is 2.10 bits per heavy atom. The highest BCUT2D eigenvalue weighted by molar-refractivity contribution is 5.82. The summed E-state index contributed by atoms with van der Waals surface area (Å²) in [6.45, 7) is 2.25. The van der Waals surface area contributed by atoms with E-state index in [1.165, 1.54) is 19.1 Å². The Kier molecular flexibility index (Phi) is 3.78. The van der Waals surface area contributed by atoms with E-state index in [-0.39, 0.29) is 5.97 Å². The summed E-state index contributed by atoms with van der Waals surface area (Å²) in [6.07, 6.45) is 7.66. The van der Waals surface area contributed by atoms with E-state index >= 15 is 0 Å². The third-order valence-electron chi connectivity index (χ3n) is 4.48. The summed E-state index contributed by atoms with van der Waals surface area (Å²) < 4.78 is 10.2. The summed E-state index contributed by atoms with van der Waals surface area (Å²) in [5.74, 6) is -0.154. The predicted molar refractivity (Wildman–Crippen MR) is 73.2 cm³/mol. The summed E-state index contributed by atoms with van der Waals surface area (Å²) >= 11 is 0. The monoisotopic (exact) mass is 278 g/mol. The topological polar surface area (TPSA) is 64.4 Å². The second-order valence-electron chi connectivity index (χ2n) is 5.90. The van der Waals surface area contributed by atoms with Gasteiger partial charge in [0.15, 0.2) is 0 Å². The zero-order valence-corrected chi connectivity index (χ0v) is 11.9. The van der Waals surface area contributed by atoms with Crippen molar-refractivity contribution in [2.24, 2.45) is 0 Å². The number of aromatic nitrogens is 1. The first-order valence-electron chi connectivity index (χ1n) is 7.59. The Balaban J connectivity index is 1.72. The van der Waals surface area contributed by atoms with E-state index in [9.17, 15) is 4.79 Å². The highest BCUT2D eigenvalue weighted by Crippen LogP contribution is 2.40. The number of hydrogen-bond donors (Lipinski definition) is 1. The molecule has 0 amide bonds. The van der Waals surface area contributed by atoms with Crippen LogP contribution >= 0.6 is 0 Å². The molecule has 0 unspecified atom stereocenters. The maximum atomic E-state index is 12.4. The highest BCUT2D eigenvalue weighted by Gasteiger charge is 2.47. The molecule has 3 rings (SSSR count). The number of carbonyl (C=O) groups is 1. The summed E-state index contributed by atoms with van der Waals surface area (Å²) in [7, 11) is 0. The average molecular weight is 278 g/mol. The fraction of sp³-hybridized carbons (Fsp3) is 0.733. The van der Waals surface area contributed by atoms with Gasteiger partial charge in [0.1, 0.15) is 17.4 Å². The standard InChI is InChI=1S/C15H22N2O3/c1-2-19-14(18)15(13-7-10-20-17-13)8-5-12(6-9-15)16-11-3-4-11/h7,10-12,16H,2-6,8-9H2,1H3. The SMILES string of the molecule is CCOC(=O)C1(c2ccon2)CCC(NC2CC2)CC1. The highest BCUT2D eigenvalue weighted by atomic mass is 16.5. The molecule has 0 atom stereocenters. The van der Waals surface area contributed by atoms with E-state index in [1.807, 2.05) is 6.92 Å². The summed E-state index contributed by atoms with van der Waals surface area (Å²) in [6, 6.07) is 3.03. The van der Waals surface area contributed by atoms with Gasteiger partial charge in [0.25, 0.3) is 0 Å². The number of carbonyl (C=O) groups excluding carboxylic acids is 1. The number of nitrogens with zero attached hydrogens (tertiary/aromatic N) is 1. The predicted octanol–water partition coefficient (Wildman–Crippen LogP) is 2.17. The van der Waals surface area contributed by atoms with Gasteiger partial charge in [0.2, 0.25) is 0 Å². The minimum atomic E-state index is -0.606. The molecule has 0 spiro atoms. The van der Waals surface area contributed by atoms with Gasteiger partial charge in [0, 0.05) is 18.2 Å². The molecule has 2 saturated carbocycles. The van der Waals surface area contributed by atoms with Crippen molar-refractivity contribution >= 4 is 5.97 Å². The molecule has 5 heteroatoms. The molecule has 20 heavy (non-hydrogen) atoms. The smallest absolute Gasteiger partial charge is 0.318 e. The van der Waals surface area contributed by atoms with Crippen molar-refractivity contribution in [2.75, 3.05) is 6.61 Å². The van der Waals surface area contributed by atoms with Gasteiger partial charge in [-0.1, -0.05) is 5.16 Å². The summed E-state index contributed by atoms with van der Waals surface area (Å²) in [4.78, 5) is 12.4. The molecule has 0 radical (unpaired) electrons. The van der Waals surface area contributed by atoms with Crippen molar-refractivity contribution in [3.8, 4) is 0 Å². The Morgan fingerprint density at radius 1 is 1.40 bits per heavy atom. The van der Waals surface area contributed by atoms with Crippen LogP contribution in [0.2, 0.25) is 0 Å². The fourth-order valence-corrected chi connectivity index (χ4v) is 3.15. The zero-order chi connectivity index (χ0) is 14.0. The van der Waals surface area contributed by atoms with Crippen LogP contribution in [0.4, 0.5) is 0 Å². The van der Waals surface area contributed by atoms with E-state index in [0.717, 1.165) is 31.4 Å². The minimum absolute atomic E-state index is 0.154. The molecule has 110 valence electrons. The summed E-state index contributed by atoms with van der Waals surface area (Å²) in [5.41, 5.74) is 0.117. The normalized spacial score (nSPS) is 30.1. The van der Waals surface area contributed by atoms with Gasteiger partial charge in [-0.25, -0.2) is 0 Å². The molecule has 0 aromatic carbocycles. The molecule has 1 heterocycles. The third kappa shape index (κ3) is 2.59. The fourth-order valence-electron chi connectivity index (χ4n) is 3.15. The molecule has 5 nitrogen and oxygen atoms in total. The quantitative estimate of drug-likeness (QED) is 0.836. The van der Waals surface area contributed by atoms with Crippen LogP contribution in [0.3, 0.4) is 0 Å². The van der Waals surface area contributed by atoms with Crippen LogP contribution in [-0.2, 0) is 14.9 Å². The van der Waals surface area contributed by atoms with Crippen molar-refractivity contribution < 1.29 is 14.1 Å². The molecule has 0 aliphatic heterocycles. The lowest BCUT2D eigenvalue weighted by molar-refractivity contribution is -0.152. The van der Waals surface area contributed by atoms with Crippen LogP contribution in [0.1, 0.15) is 51.1 Å². The molecule has 1 aromatic heterocycles. The van der Waals surface area contributed by atoms with Gasteiger partial charge in [0.05, 0.1) is 6.61 Å². The molecule has 2 fully saturated rings. The second kappa shape index (κ2) is 5.56. The first-order valence-corrected chi connectivity index (χ1v) is 7.59. The maximum absolute atomic E-state index is 12.4. The van der Waals surface area contributed by atoms with Crippen molar-refractivity contribution in [2.45, 2.75) is 62.9 Å². The van der Waals surface area contributed by atoms with E-state index in [1.54, 1.807) is 6.07 Å². The van der Waals surface area contributed by atoms with Gasteiger partial charge < -0.3 is 14.6 Å². The lowest BCUT2D eigenvalue weighted by Crippen LogP contribution is -2.46. The van der Waals surface area contributed by atoms with Crippen molar-refractivity contribution in [3.63, 3.8) is 0 Å². The Morgan fingerprint density at radius 3 is 2.65 bits per heavy atom. The molecule has 2 aliphatic carbocycles. The van der Waals surface area contributed by atoms with Crippen LogP contribution in [-0.4, -0.2) is 29.8 Å². The number of hydrogen-bond acceptors (Lipinski definition) is 5. The molecule has 2 aliphatic rings. The van der Waals surface area contributed by atoms with Crippen molar-refractivity contribution in [3.05, 3.63) is 18.0 Å². The van der Waals surface area contributed by atoms with E-state index < -0.39 is 5.41 Å². The largest absolute Gasteiger partial charge is 0.465 e. The average Bonchev–Trinajstić information content (AvgIpc) is 3.10. The maximum Gasteiger partial charge on any atom is 0.318 e. The lowest BCUT2D eigenvalue weighted by Gasteiger charge is -2.37. The Bertz CT molecular complexity index is 446. The van der Waals surface area contributed by atoms with Gasteiger partial charge in [-0.3, -0.25) is 4.79 Å². The number of ether oxygens (including phenoxy) is 1. The van der Waals surface area contributed by atoms with Crippen LogP contribution in [0.15, 0.2) is 16.9 Å². The number of rotatable bonds is 5. The first-order chi connectivity index (χ1) is 9.74. The van der Waals surface area contributed by atoms with Crippen molar-refractivity contribution in [1.29, 1.82) is 0 Å². The minimum Gasteiger partial charge on any atom is -0.465 e. The molecule has 1 aromatic rings. The Hall–Kier alpha value is -1.36. The number of nitrogens with one attached hydrogen (secondary N) is 1. The van der Waals surface area contributed by atoms with E-state index in [0.29, 0.717) is 18.7 Å². The second-order valence-corrected chi connectivity index (χ2v) is 5.90. The third-order valence-corrected chi connectivity index (χ3v) is 4.48. The van der Waals surface area contributed by atoms with Gasteiger partial charge >= 0.3 is 5.97 Å². The van der Waals surface area contributed by atoms with E-state index in [4.69, 9.17) is 9.26 Å². The van der Waals surface area contributed by atoms with Crippen LogP contribution in [0, 0.1) is 0 Å². The van der Waals surface area contributed by atoms with E-state index in [2.05, 4.69) is 10.5 Å². The van der Waals surface area contributed by atoms with Crippen LogP contribution in [0.5, 0.6) is 0 Å². The Labute approximate surface area is 119 Å². The molecule has 0 saturated heterocycles. The molecular formula is C15H22N2O3. The summed E-state index contributed by atoms with van der Waals surface area (Å²) in [5, 5.41) is 7.67.